The maximum Gasteiger partial charge on any atom is 0.325 e. The molecular formula is C21H25ClFN3O3. The van der Waals surface area contributed by atoms with E-state index in [0.717, 1.165) is 24.2 Å². The number of urea groups is 1. The predicted molar refractivity (Wildman–Crippen MR) is 107 cm³/mol. The van der Waals surface area contributed by atoms with Crippen LogP contribution in [0, 0.1) is 11.7 Å². The summed E-state index contributed by atoms with van der Waals surface area (Å²) in [6.45, 7) is 2.09. The van der Waals surface area contributed by atoms with Crippen molar-refractivity contribution in [3.63, 3.8) is 0 Å². The number of nitrogens with zero attached hydrogens (tertiary/aromatic N) is 2. The van der Waals surface area contributed by atoms with Gasteiger partial charge in [-0.15, -0.1) is 0 Å². The van der Waals surface area contributed by atoms with Gasteiger partial charge < -0.3 is 10.2 Å². The van der Waals surface area contributed by atoms with E-state index in [9.17, 15) is 18.8 Å². The number of anilines is 1. The van der Waals surface area contributed by atoms with E-state index in [4.69, 9.17) is 11.6 Å². The van der Waals surface area contributed by atoms with Crippen molar-refractivity contribution < 1.29 is 18.8 Å². The van der Waals surface area contributed by atoms with E-state index < -0.39 is 23.3 Å². The third kappa shape index (κ3) is 3.50. The summed E-state index contributed by atoms with van der Waals surface area (Å²) in [4.78, 5) is 40.9. The zero-order chi connectivity index (χ0) is 20.8. The fraction of sp³-hybridized carbons (Fsp3) is 0.571. The van der Waals surface area contributed by atoms with Gasteiger partial charge in [-0.1, -0.05) is 24.9 Å². The van der Waals surface area contributed by atoms with E-state index in [2.05, 4.69) is 12.2 Å². The summed E-state index contributed by atoms with van der Waals surface area (Å²) < 4.78 is 14.5. The normalized spacial score (nSPS) is 26.7. The number of nitrogens with one attached hydrogen (secondary N) is 1. The topological polar surface area (TPSA) is 69.7 Å². The highest BCUT2D eigenvalue weighted by Gasteiger charge is 2.52. The number of hydrogen-bond donors (Lipinski definition) is 1. The van der Waals surface area contributed by atoms with Crippen LogP contribution in [0.25, 0.3) is 0 Å². The van der Waals surface area contributed by atoms with Crippen molar-refractivity contribution in [2.24, 2.45) is 5.92 Å². The average Bonchev–Trinajstić information content (AvgIpc) is 2.92. The minimum atomic E-state index is -0.887. The molecule has 1 spiro atoms. The second-order valence-electron chi connectivity index (χ2n) is 8.30. The van der Waals surface area contributed by atoms with Crippen molar-refractivity contribution >= 4 is 35.1 Å². The molecule has 3 aliphatic rings. The number of hydrogen-bond acceptors (Lipinski definition) is 3. The standard InChI is InChI=1S/C21H25ClFN3O3/c1-2-13-5-7-21(8-6-13)19(28)26(20(29)24-21)12-17(27)25-9-3-4-14-10-15(22)11-16(23)18(14)25/h10-11,13H,2-9,12H2,1H3,(H,24,29). The molecule has 1 aromatic carbocycles. The molecule has 1 N–H and O–H groups in total. The molecule has 0 bridgehead atoms. The molecule has 4 amide bonds. The number of imide groups is 1. The van der Waals surface area contributed by atoms with Gasteiger partial charge in [0.1, 0.15) is 17.9 Å². The summed E-state index contributed by atoms with van der Waals surface area (Å²) in [7, 11) is 0. The quantitative estimate of drug-likeness (QED) is 0.757. The molecule has 1 saturated carbocycles. The molecule has 0 atom stereocenters. The van der Waals surface area contributed by atoms with Gasteiger partial charge in [0.15, 0.2) is 0 Å². The fourth-order valence-electron chi connectivity index (χ4n) is 4.86. The Labute approximate surface area is 174 Å². The molecule has 1 saturated heterocycles. The van der Waals surface area contributed by atoms with Crippen LogP contribution in [0.3, 0.4) is 0 Å². The molecule has 6 nitrogen and oxygen atoms in total. The molecule has 156 valence electrons. The van der Waals surface area contributed by atoms with E-state index in [1.165, 1.54) is 11.0 Å². The summed E-state index contributed by atoms with van der Waals surface area (Å²) in [5.74, 6) is -0.790. The molecule has 29 heavy (non-hydrogen) atoms. The van der Waals surface area contributed by atoms with Crippen molar-refractivity contribution in [3.8, 4) is 0 Å². The zero-order valence-corrected chi connectivity index (χ0v) is 17.2. The van der Waals surface area contributed by atoms with Gasteiger partial charge >= 0.3 is 6.03 Å². The Morgan fingerprint density at radius 3 is 2.72 bits per heavy atom. The predicted octanol–water partition coefficient (Wildman–Crippen LogP) is 3.65. The number of fused-ring (bicyclic) bond motifs is 1. The Morgan fingerprint density at radius 2 is 2.03 bits per heavy atom. The number of halogens is 2. The molecule has 0 aromatic heterocycles. The summed E-state index contributed by atoms with van der Waals surface area (Å²) in [5.41, 5.74) is -0.0150. The van der Waals surface area contributed by atoms with Crippen LogP contribution in [-0.2, 0) is 16.0 Å². The van der Waals surface area contributed by atoms with E-state index >= 15 is 0 Å². The summed E-state index contributed by atoms with van der Waals surface area (Å²) in [5, 5.41) is 3.12. The average molecular weight is 422 g/mol. The molecule has 2 heterocycles. The molecule has 0 radical (unpaired) electrons. The van der Waals surface area contributed by atoms with Crippen LogP contribution in [0.4, 0.5) is 14.9 Å². The maximum atomic E-state index is 14.5. The second kappa shape index (κ2) is 7.59. The molecule has 0 unspecified atom stereocenters. The van der Waals surface area contributed by atoms with Crippen LogP contribution in [-0.4, -0.2) is 41.4 Å². The van der Waals surface area contributed by atoms with E-state index in [1.807, 2.05) is 0 Å². The lowest BCUT2D eigenvalue weighted by Gasteiger charge is -2.35. The lowest BCUT2D eigenvalue weighted by atomic mass is 9.75. The van der Waals surface area contributed by atoms with Gasteiger partial charge in [-0.05, 0) is 62.1 Å². The van der Waals surface area contributed by atoms with Gasteiger partial charge in [0.05, 0.1) is 5.69 Å². The highest BCUT2D eigenvalue weighted by molar-refractivity contribution is 6.30. The zero-order valence-electron chi connectivity index (χ0n) is 16.5. The van der Waals surface area contributed by atoms with E-state index in [-0.39, 0.29) is 23.2 Å². The number of rotatable bonds is 3. The molecule has 4 rings (SSSR count). The number of carbonyl (C=O) groups excluding carboxylic acids is 3. The third-order valence-corrected chi connectivity index (χ3v) is 6.80. The Morgan fingerprint density at radius 1 is 1.31 bits per heavy atom. The van der Waals surface area contributed by atoms with Crippen molar-refractivity contribution in [2.45, 2.75) is 57.4 Å². The Balaban J connectivity index is 1.51. The van der Waals surface area contributed by atoms with Crippen LogP contribution in [0.15, 0.2) is 12.1 Å². The third-order valence-electron chi connectivity index (χ3n) is 6.58. The Kier molecular flexibility index (Phi) is 5.27. The number of carbonyl (C=O) groups is 3. The van der Waals surface area contributed by atoms with Crippen molar-refractivity contribution in [1.29, 1.82) is 0 Å². The smallest absolute Gasteiger partial charge is 0.323 e. The second-order valence-corrected chi connectivity index (χ2v) is 8.74. The van der Waals surface area contributed by atoms with Gasteiger partial charge in [-0.2, -0.15) is 0 Å². The first-order valence-corrected chi connectivity index (χ1v) is 10.6. The first-order valence-electron chi connectivity index (χ1n) is 10.3. The SMILES string of the molecule is CCC1CCC2(CC1)NC(=O)N(CC(=O)N1CCCc3cc(Cl)cc(F)c31)C2=O. The van der Waals surface area contributed by atoms with Crippen molar-refractivity contribution in [1.82, 2.24) is 10.2 Å². The lowest BCUT2D eigenvalue weighted by molar-refractivity contribution is -0.135. The number of aryl methyl sites for hydroxylation is 1. The molecule has 2 fully saturated rings. The van der Waals surface area contributed by atoms with Crippen LogP contribution in [0.2, 0.25) is 5.02 Å². The summed E-state index contributed by atoms with van der Waals surface area (Å²) in [6.07, 6.45) is 5.32. The van der Waals surface area contributed by atoms with Gasteiger partial charge in [0.2, 0.25) is 5.91 Å². The number of amides is 4. The first-order chi connectivity index (χ1) is 13.8. The number of benzene rings is 1. The van der Waals surface area contributed by atoms with Crippen LogP contribution < -0.4 is 10.2 Å². The van der Waals surface area contributed by atoms with Gasteiger partial charge in [-0.3, -0.25) is 14.5 Å². The van der Waals surface area contributed by atoms with Gasteiger partial charge in [0, 0.05) is 11.6 Å². The van der Waals surface area contributed by atoms with Gasteiger partial charge in [0.25, 0.3) is 5.91 Å². The Hall–Kier alpha value is -2.15. The summed E-state index contributed by atoms with van der Waals surface area (Å²) in [6, 6.07) is 2.31. The van der Waals surface area contributed by atoms with Crippen LogP contribution in [0.5, 0.6) is 0 Å². The molecule has 8 heteroatoms. The molecule has 1 aromatic rings. The minimum Gasteiger partial charge on any atom is -0.323 e. The molecular weight excluding hydrogens is 397 g/mol. The Bertz CT molecular complexity index is 867. The minimum absolute atomic E-state index is 0.205. The van der Waals surface area contributed by atoms with E-state index in [0.29, 0.717) is 43.7 Å². The highest BCUT2D eigenvalue weighted by Crippen LogP contribution is 2.38. The van der Waals surface area contributed by atoms with Crippen LogP contribution in [0.1, 0.15) is 51.0 Å². The lowest BCUT2D eigenvalue weighted by Crippen LogP contribution is -2.50. The molecule has 1 aliphatic carbocycles. The van der Waals surface area contributed by atoms with E-state index in [1.54, 1.807) is 6.07 Å². The van der Waals surface area contributed by atoms with Gasteiger partial charge in [-0.25, -0.2) is 9.18 Å². The molecule has 2 aliphatic heterocycles. The maximum absolute atomic E-state index is 14.5. The monoisotopic (exact) mass is 421 g/mol. The van der Waals surface area contributed by atoms with Crippen molar-refractivity contribution in [2.75, 3.05) is 18.0 Å². The van der Waals surface area contributed by atoms with Crippen LogP contribution >= 0.6 is 11.6 Å². The fourth-order valence-corrected chi connectivity index (χ4v) is 5.09. The summed E-state index contributed by atoms with van der Waals surface area (Å²) >= 11 is 5.94. The first kappa shape index (κ1) is 20.1. The van der Waals surface area contributed by atoms with Crippen molar-refractivity contribution in [3.05, 3.63) is 28.5 Å². The highest BCUT2D eigenvalue weighted by atomic mass is 35.5. The largest absolute Gasteiger partial charge is 0.325 e.